The molecule has 0 aliphatic rings. The molecule has 0 saturated carbocycles. The Morgan fingerprint density at radius 1 is 1.58 bits per heavy atom. The maximum atomic E-state index is 12.8. The Labute approximate surface area is 79.9 Å². The number of hydrogen-bond donors (Lipinski definition) is 1. The molecular formula is C9H11BrFN. The molecule has 1 aromatic carbocycles. The van der Waals surface area contributed by atoms with Gasteiger partial charge in [-0.2, -0.15) is 0 Å². The number of rotatable bonds is 2. The van der Waals surface area contributed by atoms with Crippen LogP contribution in [0.2, 0.25) is 0 Å². The molecule has 0 bridgehead atoms. The van der Waals surface area contributed by atoms with E-state index in [1.165, 1.54) is 6.07 Å². The zero-order valence-corrected chi connectivity index (χ0v) is 8.44. The lowest BCUT2D eigenvalue weighted by molar-refractivity contribution is 0.619. The molecule has 0 unspecified atom stereocenters. The zero-order valence-electron chi connectivity index (χ0n) is 6.85. The quantitative estimate of drug-likeness (QED) is 0.832. The minimum absolute atomic E-state index is 0.113. The molecule has 0 heterocycles. The van der Waals surface area contributed by atoms with Crippen molar-refractivity contribution in [2.75, 3.05) is 0 Å². The van der Waals surface area contributed by atoms with Gasteiger partial charge in [-0.15, -0.1) is 0 Å². The summed E-state index contributed by atoms with van der Waals surface area (Å²) in [7, 11) is 0. The van der Waals surface area contributed by atoms with Crippen LogP contribution in [0.25, 0.3) is 0 Å². The van der Waals surface area contributed by atoms with Gasteiger partial charge >= 0.3 is 0 Å². The number of hydrogen-bond acceptors (Lipinski definition) is 1. The minimum atomic E-state index is -0.233. The van der Waals surface area contributed by atoms with Crippen molar-refractivity contribution < 1.29 is 4.39 Å². The molecule has 0 radical (unpaired) electrons. The maximum Gasteiger partial charge on any atom is 0.137 e. The van der Waals surface area contributed by atoms with Crippen molar-refractivity contribution >= 4 is 15.9 Å². The van der Waals surface area contributed by atoms with Gasteiger partial charge < -0.3 is 5.73 Å². The second-order valence-electron chi connectivity index (χ2n) is 2.93. The van der Waals surface area contributed by atoms with E-state index in [1.54, 1.807) is 12.1 Å². The fourth-order valence-electron chi connectivity index (χ4n) is 1.04. The van der Waals surface area contributed by atoms with Crippen LogP contribution in [-0.4, -0.2) is 6.04 Å². The van der Waals surface area contributed by atoms with Crippen molar-refractivity contribution in [2.24, 2.45) is 5.73 Å². The van der Waals surface area contributed by atoms with E-state index in [-0.39, 0.29) is 11.9 Å². The Balaban J connectivity index is 2.82. The Morgan fingerprint density at radius 2 is 2.25 bits per heavy atom. The van der Waals surface area contributed by atoms with Crippen LogP contribution in [0.5, 0.6) is 0 Å². The van der Waals surface area contributed by atoms with Crippen molar-refractivity contribution in [3.8, 4) is 0 Å². The van der Waals surface area contributed by atoms with E-state index in [9.17, 15) is 4.39 Å². The van der Waals surface area contributed by atoms with Gasteiger partial charge in [0.05, 0.1) is 4.47 Å². The first-order valence-electron chi connectivity index (χ1n) is 3.79. The smallest absolute Gasteiger partial charge is 0.137 e. The molecule has 0 aliphatic carbocycles. The molecule has 1 nitrogen and oxygen atoms in total. The SMILES string of the molecule is C[C@H](N)Cc1ccc(F)c(Br)c1. The lowest BCUT2D eigenvalue weighted by Gasteiger charge is -2.05. The minimum Gasteiger partial charge on any atom is -0.328 e. The molecule has 3 heteroatoms. The molecule has 66 valence electrons. The number of benzene rings is 1. The van der Waals surface area contributed by atoms with Crippen LogP contribution >= 0.6 is 15.9 Å². The molecule has 0 fully saturated rings. The summed E-state index contributed by atoms with van der Waals surface area (Å²) in [5, 5.41) is 0. The van der Waals surface area contributed by atoms with Gasteiger partial charge in [0.25, 0.3) is 0 Å². The van der Waals surface area contributed by atoms with Crippen LogP contribution in [0.15, 0.2) is 22.7 Å². The van der Waals surface area contributed by atoms with Crippen LogP contribution in [0, 0.1) is 5.82 Å². The normalized spacial score (nSPS) is 13.0. The predicted molar refractivity (Wildman–Crippen MR) is 51.5 cm³/mol. The number of nitrogens with two attached hydrogens (primary N) is 1. The third-order valence-electron chi connectivity index (χ3n) is 1.54. The molecule has 1 aromatic rings. The standard InChI is InChI=1S/C9H11BrFN/c1-6(12)4-7-2-3-9(11)8(10)5-7/h2-3,5-6H,4,12H2,1H3/t6-/m0/s1. The summed E-state index contributed by atoms with van der Waals surface area (Å²) < 4.78 is 13.3. The van der Waals surface area contributed by atoms with Crippen molar-refractivity contribution in [2.45, 2.75) is 19.4 Å². The maximum absolute atomic E-state index is 12.8. The first kappa shape index (κ1) is 9.68. The van der Waals surface area contributed by atoms with Gasteiger partial charge in [0, 0.05) is 6.04 Å². The second kappa shape index (κ2) is 4.01. The predicted octanol–water partition coefficient (Wildman–Crippen LogP) is 2.48. The van der Waals surface area contributed by atoms with E-state index in [0.717, 1.165) is 12.0 Å². The van der Waals surface area contributed by atoms with E-state index in [4.69, 9.17) is 5.73 Å². The van der Waals surface area contributed by atoms with Crippen molar-refractivity contribution in [3.05, 3.63) is 34.1 Å². The summed E-state index contributed by atoms with van der Waals surface area (Å²) in [5.74, 6) is -0.233. The van der Waals surface area contributed by atoms with Crippen LogP contribution in [-0.2, 0) is 6.42 Å². The topological polar surface area (TPSA) is 26.0 Å². The Bertz CT molecular complexity index is 273. The molecule has 0 aliphatic heterocycles. The van der Waals surface area contributed by atoms with Crippen molar-refractivity contribution in [1.29, 1.82) is 0 Å². The van der Waals surface area contributed by atoms with Gasteiger partial charge in [-0.1, -0.05) is 6.07 Å². The molecule has 2 N–H and O–H groups in total. The van der Waals surface area contributed by atoms with Crippen molar-refractivity contribution in [3.63, 3.8) is 0 Å². The lowest BCUT2D eigenvalue weighted by atomic mass is 10.1. The summed E-state index contributed by atoms with van der Waals surface area (Å²) in [4.78, 5) is 0. The fourth-order valence-corrected chi connectivity index (χ4v) is 1.46. The van der Waals surface area contributed by atoms with Crippen LogP contribution in [0.4, 0.5) is 4.39 Å². The molecule has 1 atom stereocenters. The highest BCUT2D eigenvalue weighted by atomic mass is 79.9. The first-order valence-corrected chi connectivity index (χ1v) is 4.58. The van der Waals surface area contributed by atoms with Crippen LogP contribution in [0.1, 0.15) is 12.5 Å². The van der Waals surface area contributed by atoms with Gasteiger partial charge in [0.2, 0.25) is 0 Å². The third kappa shape index (κ3) is 2.57. The van der Waals surface area contributed by atoms with Gasteiger partial charge in [0.1, 0.15) is 5.82 Å². The van der Waals surface area contributed by atoms with Gasteiger partial charge in [-0.3, -0.25) is 0 Å². The molecule has 0 spiro atoms. The Kier molecular flexibility index (Phi) is 3.23. The summed E-state index contributed by atoms with van der Waals surface area (Å²) in [6.07, 6.45) is 0.777. The molecule has 0 saturated heterocycles. The van der Waals surface area contributed by atoms with E-state index in [1.807, 2.05) is 6.92 Å². The monoisotopic (exact) mass is 231 g/mol. The largest absolute Gasteiger partial charge is 0.328 e. The summed E-state index contributed by atoms with van der Waals surface area (Å²) in [5.41, 5.74) is 6.66. The summed E-state index contributed by atoms with van der Waals surface area (Å²) in [6.45, 7) is 1.93. The van der Waals surface area contributed by atoms with Gasteiger partial charge in [-0.25, -0.2) is 4.39 Å². The van der Waals surface area contributed by atoms with E-state index in [2.05, 4.69) is 15.9 Å². The fraction of sp³-hybridized carbons (Fsp3) is 0.333. The van der Waals surface area contributed by atoms with Crippen molar-refractivity contribution in [1.82, 2.24) is 0 Å². The van der Waals surface area contributed by atoms with Crippen LogP contribution in [0.3, 0.4) is 0 Å². The second-order valence-corrected chi connectivity index (χ2v) is 3.78. The molecule has 0 aromatic heterocycles. The van der Waals surface area contributed by atoms with E-state index < -0.39 is 0 Å². The summed E-state index contributed by atoms with van der Waals surface area (Å²) >= 11 is 3.12. The highest BCUT2D eigenvalue weighted by molar-refractivity contribution is 9.10. The molecule has 1 rings (SSSR count). The lowest BCUT2D eigenvalue weighted by Crippen LogP contribution is -2.17. The molecule has 12 heavy (non-hydrogen) atoms. The molecular weight excluding hydrogens is 221 g/mol. The highest BCUT2D eigenvalue weighted by Gasteiger charge is 2.01. The van der Waals surface area contributed by atoms with Crippen LogP contribution < -0.4 is 5.73 Å². The average molecular weight is 232 g/mol. The van der Waals surface area contributed by atoms with Gasteiger partial charge in [-0.05, 0) is 47.0 Å². The van der Waals surface area contributed by atoms with E-state index in [0.29, 0.717) is 4.47 Å². The Morgan fingerprint density at radius 3 is 2.75 bits per heavy atom. The third-order valence-corrected chi connectivity index (χ3v) is 2.15. The highest BCUT2D eigenvalue weighted by Crippen LogP contribution is 2.17. The first-order chi connectivity index (χ1) is 5.59. The summed E-state index contributed by atoms with van der Waals surface area (Å²) in [6, 6.07) is 5.08. The van der Waals surface area contributed by atoms with E-state index >= 15 is 0 Å². The van der Waals surface area contributed by atoms with Gasteiger partial charge in [0.15, 0.2) is 0 Å². The Hall–Kier alpha value is -0.410. The molecule has 0 amide bonds. The zero-order chi connectivity index (χ0) is 9.14. The number of halogens is 2. The average Bonchev–Trinajstić information content (AvgIpc) is 1.96.